The highest BCUT2D eigenvalue weighted by Crippen LogP contribution is 2.37. The zero-order valence-corrected chi connectivity index (χ0v) is 21.6. The van der Waals surface area contributed by atoms with Gasteiger partial charge in [-0.3, -0.25) is 14.6 Å². The summed E-state index contributed by atoms with van der Waals surface area (Å²) in [6, 6.07) is 8.45. The molecule has 2 saturated heterocycles. The number of hydrogen-bond acceptors (Lipinski definition) is 7. The highest BCUT2D eigenvalue weighted by molar-refractivity contribution is 5.90. The maximum absolute atomic E-state index is 12.8. The fourth-order valence-corrected chi connectivity index (χ4v) is 5.71. The Labute approximate surface area is 220 Å². The Hall–Kier alpha value is -4.30. The van der Waals surface area contributed by atoms with Crippen LogP contribution in [-0.4, -0.2) is 77.8 Å². The number of pyridine rings is 1. The molecule has 2 fully saturated rings. The smallest absolute Gasteiger partial charge is 0.321 e. The summed E-state index contributed by atoms with van der Waals surface area (Å²) in [5.74, 6) is 0. The van der Waals surface area contributed by atoms with Gasteiger partial charge in [0.1, 0.15) is 17.5 Å². The van der Waals surface area contributed by atoms with Gasteiger partial charge in [-0.1, -0.05) is 0 Å². The summed E-state index contributed by atoms with van der Waals surface area (Å²) in [6.07, 6.45) is 9.41. The number of nitrogens with zero attached hydrogens (tertiary/aromatic N) is 8. The van der Waals surface area contributed by atoms with Crippen molar-refractivity contribution in [2.24, 2.45) is 0 Å². The van der Waals surface area contributed by atoms with Crippen molar-refractivity contribution in [1.29, 1.82) is 5.26 Å². The zero-order chi connectivity index (χ0) is 26.3. The van der Waals surface area contributed by atoms with E-state index in [0.29, 0.717) is 25.6 Å². The van der Waals surface area contributed by atoms with Crippen molar-refractivity contribution in [2.45, 2.75) is 44.7 Å². The lowest BCUT2D eigenvalue weighted by Crippen LogP contribution is -2.66. The molecule has 0 aliphatic carbocycles. The number of nitrogens with one attached hydrogen (secondary N) is 2. The SMILES string of the molecule is Cc1ccc(NC(=O)N2CCC(N3CC(CC#N)(n4cc(-c5ncnc6[nH]ccc56)cn4)C3)CC2)c(C)n1. The predicted octanol–water partition coefficient (Wildman–Crippen LogP) is 3.45. The molecular formula is C27H30N10O. The minimum absolute atomic E-state index is 0.0787. The normalized spacial score (nSPS) is 17.8. The van der Waals surface area contributed by atoms with Crippen molar-refractivity contribution in [3.05, 3.63) is 54.5 Å². The zero-order valence-electron chi connectivity index (χ0n) is 21.6. The maximum Gasteiger partial charge on any atom is 0.321 e. The summed E-state index contributed by atoms with van der Waals surface area (Å²) in [5, 5.41) is 18.2. The van der Waals surface area contributed by atoms with Crippen LogP contribution in [0.1, 0.15) is 30.7 Å². The second-order valence-corrected chi connectivity index (χ2v) is 10.3. The molecule has 11 heteroatoms. The molecule has 2 aliphatic rings. The Morgan fingerprint density at radius 3 is 2.79 bits per heavy atom. The summed E-state index contributed by atoms with van der Waals surface area (Å²) in [6.45, 7) is 6.76. The quantitative estimate of drug-likeness (QED) is 0.420. The number of carbonyl (C=O) groups is 1. The number of H-pyrrole nitrogens is 1. The van der Waals surface area contributed by atoms with E-state index in [-0.39, 0.29) is 11.6 Å². The van der Waals surface area contributed by atoms with E-state index in [1.165, 1.54) is 0 Å². The molecule has 0 unspecified atom stereocenters. The molecule has 0 saturated carbocycles. The number of aryl methyl sites for hydroxylation is 2. The van der Waals surface area contributed by atoms with E-state index in [1.807, 2.05) is 60.2 Å². The summed E-state index contributed by atoms with van der Waals surface area (Å²) in [5.41, 5.74) is 4.67. The molecule has 4 aromatic rings. The number of likely N-dealkylation sites (tertiary alicyclic amines) is 2. The minimum Gasteiger partial charge on any atom is -0.346 e. The number of fused-ring (bicyclic) bond motifs is 1. The van der Waals surface area contributed by atoms with E-state index in [9.17, 15) is 10.1 Å². The van der Waals surface area contributed by atoms with Crippen molar-refractivity contribution in [3.63, 3.8) is 0 Å². The van der Waals surface area contributed by atoms with E-state index in [1.54, 1.807) is 6.33 Å². The molecule has 6 rings (SSSR count). The molecule has 38 heavy (non-hydrogen) atoms. The number of aromatic nitrogens is 6. The number of piperidine rings is 1. The topological polar surface area (TPSA) is 132 Å². The molecule has 2 amide bonds. The van der Waals surface area contributed by atoms with Gasteiger partial charge < -0.3 is 15.2 Å². The number of aromatic amines is 1. The van der Waals surface area contributed by atoms with Gasteiger partial charge in [0.05, 0.1) is 35.8 Å². The van der Waals surface area contributed by atoms with Crippen LogP contribution in [0.25, 0.3) is 22.3 Å². The van der Waals surface area contributed by atoms with Crippen LogP contribution in [0, 0.1) is 25.2 Å². The molecule has 2 aliphatic heterocycles. The summed E-state index contributed by atoms with van der Waals surface area (Å²) in [4.78, 5) is 33.4. The summed E-state index contributed by atoms with van der Waals surface area (Å²) >= 11 is 0. The number of rotatable bonds is 5. The largest absolute Gasteiger partial charge is 0.346 e. The third-order valence-corrected chi connectivity index (χ3v) is 7.83. The number of nitriles is 1. The highest BCUT2D eigenvalue weighted by Gasteiger charge is 2.48. The molecule has 6 heterocycles. The number of hydrogen-bond donors (Lipinski definition) is 2. The van der Waals surface area contributed by atoms with Crippen LogP contribution < -0.4 is 5.32 Å². The van der Waals surface area contributed by atoms with Crippen molar-refractivity contribution < 1.29 is 4.79 Å². The van der Waals surface area contributed by atoms with E-state index in [0.717, 1.165) is 65.3 Å². The molecule has 194 valence electrons. The Balaban J connectivity index is 1.09. The van der Waals surface area contributed by atoms with Gasteiger partial charge in [-0.25, -0.2) is 14.8 Å². The average molecular weight is 511 g/mol. The second kappa shape index (κ2) is 9.54. The predicted molar refractivity (Wildman–Crippen MR) is 142 cm³/mol. The number of amides is 2. The van der Waals surface area contributed by atoms with Crippen molar-refractivity contribution in [3.8, 4) is 17.3 Å². The van der Waals surface area contributed by atoms with Crippen molar-refractivity contribution in [2.75, 3.05) is 31.5 Å². The molecule has 0 radical (unpaired) electrons. The van der Waals surface area contributed by atoms with Crippen LogP contribution >= 0.6 is 0 Å². The van der Waals surface area contributed by atoms with Gasteiger partial charge in [-0.2, -0.15) is 10.4 Å². The van der Waals surface area contributed by atoms with Gasteiger partial charge in [0.25, 0.3) is 0 Å². The van der Waals surface area contributed by atoms with E-state index >= 15 is 0 Å². The van der Waals surface area contributed by atoms with Crippen molar-refractivity contribution >= 4 is 22.8 Å². The van der Waals surface area contributed by atoms with Crippen LogP contribution in [0.15, 0.2) is 43.1 Å². The fraction of sp³-hybridized carbons (Fsp3) is 0.407. The van der Waals surface area contributed by atoms with Gasteiger partial charge in [0.15, 0.2) is 0 Å². The third-order valence-electron chi connectivity index (χ3n) is 7.83. The minimum atomic E-state index is -0.359. The van der Waals surface area contributed by atoms with E-state index < -0.39 is 0 Å². The molecular weight excluding hydrogens is 480 g/mol. The van der Waals surface area contributed by atoms with Crippen LogP contribution in [0.4, 0.5) is 10.5 Å². The van der Waals surface area contributed by atoms with Gasteiger partial charge in [-0.05, 0) is 44.9 Å². The number of carbonyl (C=O) groups excluding carboxylic acids is 1. The van der Waals surface area contributed by atoms with Crippen molar-refractivity contribution in [1.82, 2.24) is 39.5 Å². The summed E-state index contributed by atoms with van der Waals surface area (Å²) < 4.78 is 1.95. The monoisotopic (exact) mass is 510 g/mol. The molecule has 11 nitrogen and oxygen atoms in total. The van der Waals surface area contributed by atoms with E-state index in [4.69, 9.17) is 0 Å². The molecule has 2 N–H and O–H groups in total. The van der Waals surface area contributed by atoms with Crippen LogP contribution in [0.2, 0.25) is 0 Å². The first-order valence-corrected chi connectivity index (χ1v) is 12.9. The highest BCUT2D eigenvalue weighted by atomic mass is 16.2. The Morgan fingerprint density at radius 2 is 2.03 bits per heavy atom. The standard InChI is InChI=1S/C27H30N10O/c1-18-3-4-23(19(2)33-18)34-26(38)35-11-6-21(7-12-35)36-15-27(16-36,8-9-28)37-14-20(13-32-37)24-22-5-10-29-25(22)31-17-30-24/h3-5,10,13-14,17,21H,6-8,11-12,15-16H2,1-2H3,(H,34,38)(H,29,30,31). The Morgan fingerprint density at radius 1 is 1.21 bits per heavy atom. The van der Waals surface area contributed by atoms with Crippen LogP contribution in [0.5, 0.6) is 0 Å². The van der Waals surface area contributed by atoms with Crippen LogP contribution in [0.3, 0.4) is 0 Å². The molecule has 0 aromatic carbocycles. The molecule has 0 atom stereocenters. The van der Waals surface area contributed by atoms with E-state index in [2.05, 4.69) is 41.3 Å². The van der Waals surface area contributed by atoms with Gasteiger partial charge in [0.2, 0.25) is 0 Å². The van der Waals surface area contributed by atoms with Gasteiger partial charge in [0, 0.05) is 61.3 Å². The van der Waals surface area contributed by atoms with Gasteiger partial charge in [-0.15, -0.1) is 0 Å². The fourth-order valence-electron chi connectivity index (χ4n) is 5.71. The second-order valence-electron chi connectivity index (χ2n) is 10.3. The average Bonchev–Trinajstić information content (AvgIpc) is 3.58. The molecule has 4 aromatic heterocycles. The number of urea groups is 1. The van der Waals surface area contributed by atoms with Gasteiger partial charge >= 0.3 is 6.03 Å². The Bertz CT molecular complexity index is 1520. The van der Waals surface area contributed by atoms with Crippen LogP contribution in [-0.2, 0) is 5.54 Å². The number of anilines is 1. The maximum atomic E-state index is 12.8. The summed E-state index contributed by atoms with van der Waals surface area (Å²) in [7, 11) is 0. The lowest BCUT2D eigenvalue weighted by Gasteiger charge is -2.53. The third kappa shape index (κ3) is 4.26. The lowest BCUT2D eigenvalue weighted by atomic mass is 9.84. The first-order valence-electron chi connectivity index (χ1n) is 12.9. The Kier molecular flexibility index (Phi) is 6.04. The first kappa shape index (κ1) is 24.1. The first-order chi connectivity index (χ1) is 18.5. The molecule has 0 bridgehead atoms. The lowest BCUT2D eigenvalue weighted by molar-refractivity contribution is -0.0399. The molecule has 0 spiro atoms.